The van der Waals surface area contributed by atoms with E-state index in [4.69, 9.17) is 4.74 Å². The van der Waals surface area contributed by atoms with Crippen molar-refractivity contribution in [3.05, 3.63) is 11.6 Å². The van der Waals surface area contributed by atoms with Crippen molar-refractivity contribution < 1.29 is 9.53 Å². The topological polar surface area (TPSA) is 26.3 Å². The van der Waals surface area contributed by atoms with Gasteiger partial charge < -0.3 is 4.74 Å². The maximum atomic E-state index is 10.5. The molecule has 12 heavy (non-hydrogen) atoms. The zero-order chi connectivity index (χ0) is 8.81. The van der Waals surface area contributed by atoms with E-state index in [0.29, 0.717) is 5.92 Å². The predicted molar refractivity (Wildman–Crippen MR) is 48.0 cm³/mol. The van der Waals surface area contributed by atoms with Gasteiger partial charge in [-0.2, -0.15) is 0 Å². The number of allylic oxidation sites excluding steroid dienone is 1. The molecule has 1 fully saturated rings. The van der Waals surface area contributed by atoms with Crippen molar-refractivity contribution >= 4 is 6.29 Å². The molecule has 0 aromatic rings. The number of ether oxygens (including phenoxy) is 1. The summed E-state index contributed by atoms with van der Waals surface area (Å²) >= 11 is 0. The first-order chi connectivity index (χ1) is 5.86. The first-order valence-corrected chi connectivity index (χ1v) is 4.60. The fourth-order valence-electron chi connectivity index (χ4n) is 1.44. The average Bonchev–Trinajstić information content (AvgIpc) is 2.16. The van der Waals surface area contributed by atoms with Gasteiger partial charge in [0.05, 0.1) is 6.61 Å². The zero-order valence-electron chi connectivity index (χ0n) is 7.58. The van der Waals surface area contributed by atoms with E-state index in [2.05, 4.69) is 6.08 Å². The summed E-state index contributed by atoms with van der Waals surface area (Å²) in [6.45, 7) is 3.67. The fraction of sp³-hybridized carbons (Fsp3) is 0.700. The predicted octanol–water partition coefficient (Wildman–Crippen LogP) is 1.95. The first-order valence-electron chi connectivity index (χ1n) is 4.60. The van der Waals surface area contributed by atoms with E-state index in [1.54, 1.807) is 0 Å². The van der Waals surface area contributed by atoms with Crippen LogP contribution in [0.2, 0.25) is 0 Å². The Kier molecular flexibility index (Phi) is 4.01. The van der Waals surface area contributed by atoms with E-state index in [-0.39, 0.29) is 0 Å². The summed E-state index contributed by atoms with van der Waals surface area (Å²) in [7, 11) is 0. The Hall–Kier alpha value is -0.630. The Morgan fingerprint density at radius 3 is 3.00 bits per heavy atom. The Morgan fingerprint density at radius 2 is 2.50 bits per heavy atom. The lowest BCUT2D eigenvalue weighted by molar-refractivity contribution is -0.105. The second-order valence-electron chi connectivity index (χ2n) is 3.19. The van der Waals surface area contributed by atoms with Crippen molar-refractivity contribution in [2.45, 2.75) is 26.2 Å². The summed E-state index contributed by atoms with van der Waals surface area (Å²) in [5, 5.41) is 0. The molecule has 0 saturated carbocycles. The highest BCUT2D eigenvalue weighted by Crippen LogP contribution is 2.16. The van der Waals surface area contributed by atoms with Crippen LogP contribution in [0.5, 0.6) is 0 Å². The summed E-state index contributed by atoms with van der Waals surface area (Å²) in [6, 6.07) is 0. The molecule has 1 heterocycles. The van der Waals surface area contributed by atoms with Gasteiger partial charge in [-0.25, -0.2) is 0 Å². The van der Waals surface area contributed by atoms with E-state index in [1.165, 1.54) is 0 Å². The van der Waals surface area contributed by atoms with Crippen LogP contribution in [0.15, 0.2) is 11.6 Å². The summed E-state index contributed by atoms with van der Waals surface area (Å²) < 4.78 is 5.31. The summed E-state index contributed by atoms with van der Waals surface area (Å²) in [5.74, 6) is 0.471. The second kappa shape index (κ2) is 5.09. The zero-order valence-corrected chi connectivity index (χ0v) is 7.58. The molecule has 1 aliphatic rings. The van der Waals surface area contributed by atoms with Crippen LogP contribution in [0.1, 0.15) is 26.2 Å². The van der Waals surface area contributed by atoms with Gasteiger partial charge in [-0.05, 0) is 24.8 Å². The Morgan fingerprint density at radius 1 is 1.67 bits per heavy atom. The van der Waals surface area contributed by atoms with Crippen molar-refractivity contribution in [3.63, 3.8) is 0 Å². The van der Waals surface area contributed by atoms with Crippen molar-refractivity contribution in [1.29, 1.82) is 0 Å². The van der Waals surface area contributed by atoms with Crippen LogP contribution in [-0.4, -0.2) is 19.5 Å². The van der Waals surface area contributed by atoms with Gasteiger partial charge in [0.1, 0.15) is 6.29 Å². The fourth-order valence-corrected chi connectivity index (χ4v) is 1.44. The van der Waals surface area contributed by atoms with Crippen LogP contribution in [0.25, 0.3) is 0 Å². The molecule has 0 radical (unpaired) electrons. The van der Waals surface area contributed by atoms with E-state index in [0.717, 1.165) is 44.3 Å². The molecular weight excluding hydrogens is 152 g/mol. The van der Waals surface area contributed by atoms with Crippen molar-refractivity contribution in [2.24, 2.45) is 5.92 Å². The molecule has 0 amide bonds. The van der Waals surface area contributed by atoms with Crippen LogP contribution >= 0.6 is 0 Å². The lowest BCUT2D eigenvalue weighted by atomic mass is 9.99. The highest BCUT2D eigenvalue weighted by molar-refractivity contribution is 5.72. The first kappa shape index (κ1) is 9.46. The van der Waals surface area contributed by atoms with E-state index in [9.17, 15) is 4.79 Å². The lowest BCUT2D eigenvalue weighted by Gasteiger charge is -2.19. The second-order valence-corrected chi connectivity index (χ2v) is 3.19. The molecule has 0 N–H and O–H groups in total. The standard InChI is InChI=1S/C10H16O2/c1-2-9(7-11)6-10-4-3-5-12-8-10/h6-7,10H,2-5,8H2,1H3. The van der Waals surface area contributed by atoms with E-state index >= 15 is 0 Å². The van der Waals surface area contributed by atoms with Crippen LogP contribution in [0.4, 0.5) is 0 Å². The smallest absolute Gasteiger partial charge is 0.145 e. The van der Waals surface area contributed by atoms with Gasteiger partial charge in [0.25, 0.3) is 0 Å². The number of hydrogen-bond donors (Lipinski definition) is 0. The number of carbonyl (C=O) groups excluding carboxylic acids is 1. The highest BCUT2D eigenvalue weighted by Gasteiger charge is 2.11. The molecule has 1 atom stereocenters. The van der Waals surface area contributed by atoms with Gasteiger partial charge in [-0.15, -0.1) is 0 Å². The third-order valence-corrected chi connectivity index (χ3v) is 2.20. The molecule has 2 heteroatoms. The van der Waals surface area contributed by atoms with Gasteiger partial charge in [-0.3, -0.25) is 4.79 Å². The quantitative estimate of drug-likeness (QED) is 0.475. The van der Waals surface area contributed by atoms with Gasteiger partial charge >= 0.3 is 0 Å². The molecule has 2 nitrogen and oxygen atoms in total. The molecular formula is C10H16O2. The SMILES string of the molecule is CCC(C=O)=CC1CCCOC1. The third kappa shape index (κ3) is 2.78. The maximum Gasteiger partial charge on any atom is 0.145 e. The van der Waals surface area contributed by atoms with Crippen LogP contribution in [0.3, 0.4) is 0 Å². The minimum Gasteiger partial charge on any atom is -0.381 e. The molecule has 0 aromatic carbocycles. The molecule has 0 aliphatic carbocycles. The maximum absolute atomic E-state index is 10.5. The Balaban J connectivity index is 2.45. The van der Waals surface area contributed by atoms with Crippen molar-refractivity contribution in [3.8, 4) is 0 Å². The summed E-state index contributed by atoms with van der Waals surface area (Å²) in [4.78, 5) is 10.5. The monoisotopic (exact) mass is 168 g/mol. The molecule has 68 valence electrons. The number of rotatable bonds is 3. The lowest BCUT2D eigenvalue weighted by Crippen LogP contribution is -2.15. The van der Waals surface area contributed by atoms with E-state index in [1.807, 2.05) is 6.92 Å². The van der Waals surface area contributed by atoms with Crippen molar-refractivity contribution in [2.75, 3.05) is 13.2 Å². The molecule has 1 saturated heterocycles. The van der Waals surface area contributed by atoms with Crippen LogP contribution in [-0.2, 0) is 9.53 Å². The molecule has 0 bridgehead atoms. The molecule has 1 unspecified atom stereocenters. The minimum atomic E-state index is 0.471. The van der Waals surface area contributed by atoms with Gasteiger partial charge in [0.15, 0.2) is 0 Å². The Labute approximate surface area is 73.6 Å². The Bertz CT molecular complexity index is 167. The van der Waals surface area contributed by atoms with E-state index < -0.39 is 0 Å². The van der Waals surface area contributed by atoms with Gasteiger partial charge in [0.2, 0.25) is 0 Å². The molecule has 0 spiro atoms. The number of aldehydes is 1. The molecule has 1 aliphatic heterocycles. The third-order valence-electron chi connectivity index (χ3n) is 2.20. The molecule has 1 rings (SSSR count). The molecule has 0 aromatic heterocycles. The number of carbonyl (C=O) groups is 1. The van der Waals surface area contributed by atoms with Gasteiger partial charge in [-0.1, -0.05) is 13.0 Å². The van der Waals surface area contributed by atoms with Gasteiger partial charge in [0, 0.05) is 12.5 Å². The van der Waals surface area contributed by atoms with Crippen LogP contribution in [0, 0.1) is 5.92 Å². The number of hydrogen-bond acceptors (Lipinski definition) is 2. The van der Waals surface area contributed by atoms with Crippen LogP contribution < -0.4 is 0 Å². The minimum absolute atomic E-state index is 0.471. The highest BCUT2D eigenvalue weighted by atomic mass is 16.5. The average molecular weight is 168 g/mol. The normalized spacial score (nSPS) is 25.4. The van der Waals surface area contributed by atoms with Crippen molar-refractivity contribution in [1.82, 2.24) is 0 Å². The largest absolute Gasteiger partial charge is 0.381 e. The summed E-state index contributed by atoms with van der Waals surface area (Å²) in [6.07, 6.45) is 6.13. The summed E-state index contributed by atoms with van der Waals surface area (Å²) in [5.41, 5.74) is 0.908.